The summed E-state index contributed by atoms with van der Waals surface area (Å²) in [5.74, 6) is 0.332. The van der Waals surface area contributed by atoms with Gasteiger partial charge in [-0.25, -0.2) is 0 Å². The Bertz CT molecular complexity index is 242. The van der Waals surface area contributed by atoms with Crippen LogP contribution in [0.3, 0.4) is 0 Å². The summed E-state index contributed by atoms with van der Waals surface area (Å²) in [7, 11) is 6.48. The maximum absolute atomic E-state index is 11.6. The van der Waals surface area contributed by atoms with Crippen molar-refractivity contribution in [1.29, 1.82) is 0 Å². The number of likely N-dealkylation sites (N-methyl/N-ethyl adjacent to an activating group) is 2. The van der Waals surface area contributed by atoms with Crippen LogP contribution in [0.2, 0.25) is 0 Å². The number of hydrogen-bond acceptors (Lipinski definition) is 1. The minimum atomic E-state index is 0. The Kier molecular flexibility index (Phi) is 3.46. The number of likely N-dealkylation sites (tertiary alicyclic amines) is 1. The fourth-order valence-electron chi connectivity index (χ4n) is 2.76. The third kappa shape index (κ3) is 1.78. The minimum Gasteiger partial charge on any atom is -1.00 e. The SMILES string of the molecule is CN1CC2CCC(CC1=O)[N+]2(C)C.[I-]. The summed E-state index contributed by atoms with van der Waals surface area (Å²) >= 11 is 0. The first-order valence-corrected chi connectivity index (χ1v) is 5.09. The van der Waals surface area contributed by atoms with Gasteiger partial charge in [-0.2, -0.15) is 0 Å². The number of amides is 1. The topological polar surface area (TPSA) is 20.3 Å². The second-order valence-corrected chi connectivity index (χ2v) is 4.99. The van der Waals surface area contributed by atoms with Crippen molar-refractivity contribution in [2.75, 3.05) is 27.7 Å². The molecule has 2 bridgehead atoms. The fraction of sp³-hybridized carbons (Fsp3) is 0.900. The Labute approximate surface area is 103 Å². The van der Waals surface area contributed by atoms with Gasteiger partial charge >= 0.3 is 0 Å². The Hall–Kier alpha value is 0.160. The smallest absolute Gasteiger partial charge is 0.228 e. The van der Waals surface area contributed by atoms with E-state index in [4.69, 9.17) is 0 Å². The molecule has 0 radical (unpaired) electrons. The lowest BCUT2D eigenvalue weighted by Crippen LogP contribution is -3.00. The average molecular weight is 310 g/mol. The minimum absolute atomic E-state index is 0. The van der Waals surface area contributed by atoms with Gasteiger partial charge < -0.3 is 33.4 Å². The van der Waals surface area contributed by atoms with Crippen LogP contribution in [0.25, 0.3) is 0 Å². The van der Waals surface area contributed by atoms with E-state index in [0.29, 0.717) is 18.0 Å². The van der Waals surface area contributed by atoms with Gasteiger partial charge in [0.1, 0.15) is 6.04 Å². The highest BCUT2D eigenvalue weighted by atomic mass is 127. The van der Waals surface area contributed by atoms with Gasteiger partial charge in [-0.05, 0) is 0 Å². The summed E-state index contributed by atoms with van der Waals surface area (Å²) in [6, 6.07) is 1.24. The van der Waals surface area contributed by atoms with Crippen molar-refractivity contribution in [3.05, 3.63) is 0 Å². The van der Waals surface area contributed by atoms with Crippen molar-refractivity contribution in [3.8, 4) is 0 Å². The molecule has 0 saturated carbocycles. The second-order valence-electron chi connectivity index (χ2n) is 4.99. The van der Waals surface area contributed by atoms with Crippen LogP contribution in [0, 0.1) is 0 Å². The maximum Gasteiger partial charge on any atom is 0.228 e. The molecule has 0 aromatic heterocycles. The molecule has 2 heterocycles. The van der Waals surface area contributed by atoms with Crippen LogP contribution in [0.15, 0.2) is 0 Å². The van der Waals surface area contributed by atoms with E-state index in [-0.39, 0.29) is 24.0 Å². The van der Waals surface area contributed by atoms with Crippen LogP contribution < -0.4 is 24.0 Å². The Balaban J connectivity index is 0.000000980. The molecule has 3 nitrogen and oxygen atoms in total. The predicted octanol–water partition coefficient (Wildman–Crippen LogP) is -2.54. The number of hydrogen-bond donors (Lipinski definition) is 0. The van der Waals surface area contributed by atoms with Crippen LogP contribution in [-0.2, 0) is 4.79 Å². The molecule has 2 rings (SSSR count). The molecule has 0 N–H and O–H groups in total. The molecule has 0 aliphatic carbocycles. The largest absolute Gasteiger partial charge is 1.00 e. The first-order chi connectivity index (χ1) is 6.01. The Morgan fingerprint density at radius 2 is 1.86 bits per heavy atom. The number of fused-ring (bicyclic) bond motifs is 2. The van der Waals surface area contributed by atoms with Gasteiger partial charge in [0.15, 0.2) is 0 Å². The quantitative estimate of drug-likeness (QED) is 0.357. The van der Waals surface area contributed by atoms with E-state index in [9.17, 15) is 4.79 Å². The van der Waals surface area contributed by atoms with Gasteiger partial charge in [0.2, 0.25) is 5.91 Å². The highest BCUT2D eigenvalue weighted by Crippen LogP contribution is 2.34. The number of halogens is 1. The summed E-state index contributed by atoms with van der Waals surface area (Å²) < 4.78 is 1.05. The molecule has 14 heavy (non-hydrogen) atoms. The Morgan fingerprint density at radius 3 is 2.50 bits per heavy atom. The lowest BCUT2D eigenvalue weighted by Gasteiger charge is -2.35. The van der Waals surface area contributed by atoms with Crippen LogP contribution in [-0.4, -0.2) is 55.1 Å². The monoisotopic (exact) mass is 310 g/mol. The van der Waals surface area contributed by atoms with Crippen LogP contribution in [0.5, 0.6) is 0 Å². The number of carbonyl (C=O) groups is 1. The summed E-state index contributed by atoms with van der Waals surface area (Å²) in [6.45, 7) is 0.947. The lowest BCUT2D eigenvalue weighted by atomic mass is 10.1. The van der Waals surface area contributed by atoms with E-state index in [0.717, 1.165) is 17.4 Å². The van der Waals surface area contributed by atoms with E-state index in [2.05, 4.69) is 14.1 Å². The fourth-order valence-corrected chi connectivity index (χ4v) is 2.76. The van der Waals surface area contributed by atoms with E-state index >= 15 is 0 Å². The van der Waals surface area contributed by atoms with Crippen molar-refractivity contribution in [2.24, 2.45) is 0 Å². The average Bonchev–Trinajstić information content (AvgIpc) is 2.25. The molecule has 1 amide bonds. The molecular weight excluding hydrogens is 291 g/mol. The van der Waals surface area contributed by atoms with E-state index in [1.807, 2.05) is 11.9 Å². The molecule has 2 atom stereocenters. The normalized spacial score (nSPS) is 35.1. The third-order valence-corrected chi connectivity index (χ3v) is 4.04. The number of rotatable bonds is 0. The first kappa shape index (κ1) is 12.2. The number of quaternary nitrogens is 1. The van der Waals surface area contributed by atoms with Crippen molar-refractivity contribution in [1.82, 2.24) is 4.90 Å². The molecule has 0 spiro atoms. The Morgan fingerprint density at radius 1 is 1.29 bits per heavy atom. The molecule has 82 valence electrons. The van der Waals surface area contributed by atoms with Gasteiger partial charge in [0.05, 0.1) is 33.1 Å². The molecule has 2 unspecified atom stereocenters. The summed E-state index contributed by atoms with van der Waals surface area (Å²) in [5, 5.41) is 0. The van der Waals surface area contributed by atoms with E-state index < -0.39 is 0 Å². The van der Waals surface area contributed by atoms with E-state index in [1.165, 1.54) is 12.8 Å². The summed E-state index contributed by atoms with van der Waals surface area (Å²) in [6.07, 6.45) is 3.27. The molecule has 4 heteroatoms. The predicted molar refractivity (Wildman–Crippen MR) is 51.2 cm³/mol. The van der Waals surface area contributed by atoms with Gasteiger partial charge in [-0.1, -0.05) is 0 Å². The number of nitrogens with zero attached hydrogens (tertiary/aromatic N) is 2. The second kappa shape index (κ2) is 3.96. The molecule has 2 fully saturated rings. The molecule has 0 aromatic rings. The van der Waals surface area contributed by atoms with E-state index in [1.54, 1.807) is 0 Å². The molecule has 2 aliphatic heterocycles. The summed E-state index contributed by atoms with van der Waals surface area (Å²) in [4.78, 5) is 13.5. The lowest BCUT2D eigenvalue weighted by molar-refractivity contribution is -0.922. The van der Waals surface area contributed by atoms with Crippen molar-refractivity contribution in [3.63, 3.8) is 0 Å². The van der Waals surface area contributed by atoms with Gasteiger partial charge in [0.25, 0.3) is 0 Å². The van der Waals surface area contributed by atoms with Gasteiger partial charge in [0, 0.05) is 19.9 Å². The van der Waals surface area contributed by atoms with Crippen molar-refractivity contribution >= 4 is 5.91 Å². The van der Waals surface area contributed by atoms with Crippen LogP contribution >= 0.6 is 0 Å². The van der Waals surface area contributed by atoms with Crippen LogP contribution in [0.4, 0.5) is 0 Å². The number of carbonyl (C=O) groups excluding carboxylic acids is 1. The van der Waals surface area contributed by atoms with Gasteiger partial charge in [-0.15, -0.1) is 0 Å². The van der Waals surface area contributed by atoms with Crippen LogP contribution in [0.1, 0.15) is 19.3 Å². The van der Waals surface area contributed by atoms with Gasteiger partial charge in [-0.3, -0.25) is 4.79 Å². The van der Waals surface area contributed by atoms with Crippen molar-refractivity contribution < 1.29 is 33.3 Å². The summed E-state index contributed by atoms with van der Waals surface area (Å²) in [5.41, 5.74) is 0. The molecule has 2 saturated heterocycles. The standard InChI is InChI=1S/C10H19N2O.HI/c1-11-7-9-5-4-8(6-10(11)13)12(9,2)3;/h8-9H,4-7H2,1-3H3;1H/q+1;/p-1. The molecular formula is C10H19IN2O. The zero-order valence-corrected chi connectivity index (χ0v) is 11.3. The first-order valence-electron chi connectivity index (χ1n) is 5.09. The third-order valence-electron chi connectivity index (χ3n) is 4.04. The molecule has 0 aromatic carbocycles. The van der Waals surface area contributed by atoms with Crippen molar-refractivity contribution in [2.45, 2.75) is 31.3 Å². The zero-order chi connectivity index (χ0) is 9.64. The molecule has 2 aliphatic rings. The maximum atomic E-state index is 11.6. The zero-order valence-electron chi connectivity index (χ0n) is 9.16. The highest BCUT2D eigenvalue weighted by Gasteiger charge is 2.47. The highest BCUT2D eigenvalue weighted by molar-refractivity contribution is 5.76.